The number of aromatic carboxylic acids is 1. The second-order valence-corrected chi connectivity index (χ2v) is 5.49. The van der Waals surface area contributed by atoms with E-state index in [9.17, 15) is 4.79 Å². The number of rotatable bonds is 5. The molecular formula is C16H20N2O2. The molecule has 0 spiro atoms. The molecule has 1 fully saturated rings. The fourth-order valence-corrected chi connectivity index (χ4v) is 3.00. The van der Waals surface area contributed by atoms with Crippen molar-refractivity contribution in [3.05, 3.63) is 36.0 Å². The number of hydrogen-bond acceptors (Lipinski definition) is 2. The zero-order valence-corrected chi connectivity index (χ0v) is 11.6. The minimum atomic E-state index is -0.867. The van der Waals surface area contributed by atoms with Crippen LogP contribution in [-0.4, -0.2) is 40.2 Å². The molecule has 0 unspecified atom stereocenters. The SMILES string of the molecule is O=C(O)c1ccc2c(ccn2CCCN2CCCC2)c1. The van der Waals surface area contributed by atoms with Gasteiger partial charge >= 0.3 is 5.97 Å². The van der Waals surface area contributed by atoms with Gasteiger partial charge in [0.15, 0.2) is 0 Å². The molecule has 0 saturated carbocycles. The number of hydrogen-bond donors (Lipinski definition) is 1. The van der Waals surface area contributed by atoms with Gasteiger partial charge in [-0.3, -0.25) is 0 Å². The minimum absolute atomic E-state index is 0.354. The number of aryl methyl sites for hydroxylation is 1. The predicted octanol–water partition coefficient (Wildman–Crippen LogP) is 2.83. The van der Waals surface area contributed by atoms with Crippen molar-refractivity contribution in [2.75, 3.05) is 19.6 Å². The van der Waals surface area contributed by atoms with Gasteiger partial charge < -0.3 is 14.6 Å². The number of aromatic nitrogens is 1. The van der Waals surface area contributed by atoms with Crippen molar-refractivity contribution in [2.45, 2.75) is 25.8 Å². The van der Waals surface area contributed by atoms with Crippen LogP contribution in [0.1, 0.15) is 29.6 Å². The summed E-state index contributed by atoms with van der Waals surface area (Å²) in [7, 11) is 0. The van der Waals surface area contributed by atoms with Crippen molar-refractivity contribution >= 4 is 16.9 Å². The second kappa shape index (κ2) is 5.67. The number of carboxylic acid groups (broad SMARTS) is 1. The van der Waals surface area contributed by atoms with E-state index in [1.54, 1.807) is 12.1 Å². The van der Waals surface area contributed by atoms with Gasteiger partial charge in [-0.2, -0.15) is 0 Å². The fraction of sp³-hybridized carbons (Fsp3) is 0.438. The number of carbonyl (C=O) groups is 1. The fourth-order valence-electron chi connectivity index (χ4n) is 3.00. The van der Waals surface area contributed by atoms with Crippen molar-refractivity contribution < 1.29 is 9.90 Å². The molecule has 1 aliphatic heterocycles. The van der Waals surface area contributed by atoms with Crippen LogP contribution in [0, 0.1) is 0 Å². The molecule has 1 N–H and O–H groups in total. The summed E-state index contributed by atoms with van der Waals surface area (Å²) in [6, 6.07) is 7.34. The van der Waals surface area contributed by atoms with Gasteiger partial charge in [-0.25, -0.2) is 4.79 Å². The molecule has 2 aromatic rings. The van der Waals surface area contributed by atoms with Gasteiger partial charge in [0.25, 0.3) is 0 Å². The molecule has 20 heavy (non-hydrogen) atoms. The molecular weight excluding hydrogens is 252 g/mol. The lowest BCUT2D eigenvalue weighted by Gasteiger charge is -2.14. The van der Waals surface area contributed by atoms with E-state index in [4.69, 9.17) is 5.11 Å². The third-order valence-corrected chi connectivity index (χ3v) is 4.09. The first-order chi connectivity index (χ1) is 9.74. The van der Waals surface area contributed by atoms with Crippen LogP contribution < -0.4 is 0 Å². The van der Waals surface area contributed by atoms with Crippen molar-refractivity contribution in [1.82, 2.24) is 9.47 Å². The summed E-state index contributed by atoms with van der Waals surface area (Å²) in [5.41, 5.74) is 1.48. The number of likely N-dealkylation sites (tertiary alicyclic amines) is 1. The summed E-state index contributed by atoms with van der Waals surface area (Å²) in [5.74, 6) is -0.867. The molecule has 0 aliphatic carbocycles. The number of nitrogens with zero attached hydrogens (tertiary/aromatic N) is 2. The molecule has 0 radical (unpaired) electrons. The van der Waals surface area contributed by atoms with E-state index in [1.807, 2.05) is 12.1 Å². The third kappa shape index (κ3) is 2.70. The van der Waals surface area contributed by atoms with Crippen LogP contribution in [0.5, 0.6) is 0 Å². The molecule has 106 valence electrons. The number of fused-ring (bicyclic) bond motifs is 1. The van der Waals surface area contributed by atoms with E-state index < -0.39 is 5.97 Å². The monoisotopic (exact) mass is 272 g/mol. The first-order valence-electron chi connectivity index (χ1n) is 7.28. The Morgan fingerprint density at radius 3 is 2.70 bits per heavy atom. The Bertz CT molecular complexity index is 612. The molecule has 0 amide bonds. The van der Waals surface area contributed by atoms with Crippen LogP contribution in [-0.2, 0) is 6.54 Å². The summed E-state index contributed by atoms with van der Waals surface area (Å²) in [6.07, 6.45) is 5.87. The highest BCUT2D eigenvalue weighted by Crippen LogP contribution is 2.18. The largest absolute Gasteiger partial charge is 0.478 e. The van der Waals surface area contributed by atoms with Crippen molar-refractivity contribution in [3.63, 3.8) is 0 Å². The van der Waals surface area contributed by atoms with Crippen molar-refractivity contribution in [3.8, 4) is 0 Å². The average Bonchev–Trinajstić information content (AvgIpc) is 3.08. The highest BCUT2D eigenvalue weighted by molar-refractivity contribution is 5.93. The highest BCUT2D eigenvalue weighted by atomic mass is 16.4. The van der Waals surface area contributed by atoms with E-state index in [-0.39, 0.29) is 0 Å². The summed E-state index contributed by atoms with van der Waals surface area (Å²) in [6.45, 7) is 4.64. The normalized spacial score (nSPS) is 16.0. The molecule has 4 heteroatoms. The Balaban J connectivity index is 1.67. The zero-order valence-electron chi connectivity index (χ0n) is 11.6. The Morgan fingerprint density at radius 2 is 1.95 bits per heavy atom. The average molecular weight is 272 g/mol. The Hall–Kier alpha value is -1.81. The second-order valence-electron chi connectivity index (χ2n) is 5.49. The lowest BCUT2D eigenvalue weighted by atomic mass is 10.1. The molecule has 0 bridgehead atoms. The van der Waals surface area contributed by atoms with E-state index in [0.29, 0.717) is 5.56 Å². The first-order valence-corrected chi connectivity index (χ1v) is 7.28. The van der Waals surface area contributed by atoms with E-state index in [2.05, 4.69) is 15.7 Å². The maximum atomic E-state index is 11.0. The molecule has 1 saturated heterocycles. The van der Waals surface area contributed by atoms with Gasteiger partial charge in [-0.05, 0) is 63.2 Å². The maximum absolute atomic E-state index is 11.0. The van der Waals surface area contributed by atoms with Crippen molar-refractivity contribution in [1.29, 1.82) is 0 Å². The minimum Gasteiger partial charge on any atom is -0.478 e. The van der Waals surface area contributed by atoms with Gasteiger partial charge in [-0.15, -0.1) is 0 Å². The van der Waals surface area contributed by atoms with Gasteiger partial charge in [0.05, 0.1) is 5.56 Å². The van der Waals surface area contributed by atoms with Crippen LogP contribution in [0.2, 0.25) is 0 Å². The number of carboxylic acids is 1. The molecule has 3 rings (SSSR count). The van der Waals surface area contributed by atoms with Crippen LogP contribution in [0.3, 0.4) is 0 Å². The highest BCUT2D eigenvalue weighted by Gasteiger charge is 2.11. The molecule has 1 aliphatic rings. The summed E-state index contributed by atoms with van der Waals surface area (Å²) < 4.78 is 2.22. The Morgan fingerprint density at radius 1 is 1.15 bits per heavy atom. The quantitative estimate of drug-likeness (QED) is 0.910. The lowest BCUT2D eigenvalue weighted by Crippen LogP contribution is -2.21. The molecule has 1 aromatic heterocycles. The molecule has 4 nitrogen and oxygen atoms in total. The van der Waals surface area contributed by atoms with Crippen LogP contribution >= 0.6 is 0 Å². The summed E-state index contributed by atoms with van der Waals surface area (Å²) >= 11 is 0. The third-order valence-electron chi connectivity index (χ3n) is 4.09. The van der Waals surface area contributed by atoms with E-state index in [0.717, 1.165) is 30.4 Å². The Labute approximate surface area is 118 Å². The Kier molecular flexibility index (Phi) is 3.74. The van der Waals surface area contributed by atoms with Crippen molar-refractivity contribution in [2.24, 2.45) is 0 Å². The van der Waals surface area contributed by atoms with Gasteiger partial charge in [-0.1, -0.05) is 0 Å². The first kappa shape index (κ1) is 13.2. The summed E-state index contributed by atoms with van der Waals surface area (Å²) in [4.78, 5) is 13.5. The van der Waals surface area contributed by atoms with E-state index in [1.165, 1.54) is 25.9 Å². The summed E-state index contributed by atoms with van der Waals surface area (Å²) in [5, 5.41) is 10.0. The topological polar surface area (TPSA) is 45.5 Å². The van der Waals surface area contributed by atoms with Crippen LogP contribution in [0.4, 0.5) is 0 Å². The smallest absolute Gasteiger partial charge is 0.335 e. The molecule has 0 atom stereocenters. The number of benzene rings is 1. The molecule has 1 aromatic carbocycles. The van der Waals surface area contributed by atoms with Gasteiger partial charge in [0.1, 0.15) is 0 Å². The van der Waals surface area contributed by atoms with E-state index >= 15 is 0 Å². The van der Waals surface area contributed by atoms with Crippen LogP contribution in [0.15, 0.2) is 30.5 Å². The van der Waals surface area contributed by atoms with Gasteiger partial charge in [0, 0.05) is 23.6 Å². The lowest BCUT2D eigenvalue weighted by molar-refractivity contribution is 0.0697. The zero-order chi connectivity index (χ0) is 13.9. The standard InChI is InChI=1S/C16H20N2O2/c19-16(20)14-4-5-15-13(12-14)6-11-18(15)10-3-9-17-7-1-2-8-17/h4-6,11-12H,1-3,7-10H2,(H,19,20). The van der Waals surface area contributed by atoms with Gasteiger partial charge in [0.2, 0.25) is 0 Å². The van der Waals surface area contributed by atoms with Crippen LogP contribution in [0.25, 0.3) is 10.9 Å². The predicted molar refractivity (Wildman–Crippen MR) is 79.2 cm³/mol. The molecule has 2 heterocycles. The maximum Gasteiger partial charge on any atom is 0.335 e.